The van der Waals surface area contributed by atoms with Crippen LogP contribution in [0.2, 0.25) is 0 Å². The van der Waals surface area contributed by atoms with Crippen LogP contribution in [-0.4, -0.2) is 47.0 Å². The molecule has 0 aliphatic carbocycles. The van der Waals surface area contributed by atoms with E-state index >= 15 is 0 Å². The predicted octanol–water partition coefficient (Wildman–Crippen LogP) is 2.17. The summed E-state index contributed by atoms with van der Waals surface area (Å²) in [5.41, 5.74) is 2.79. The third-order valence-corrected chi connectivity index (χ3v) is 4.61. The third kappa shape index (κ3) is 3.01. The molecule has 1 aliphatic heterocycles. The van der Waals surface area contributed by atoms with Crippen LogP contribution in [0.3, 0.4) is 0 Å². The molecule has 23 heavy (non-hydrogen) atoms. The molecule has 1 unspecified atom stereocenters. The van der Waals surface area contributed by atoms with Crippen LogP contribution >= 0.6 is 0 Å². The van der Waals surface area contributed by atoms with Crippen molar-refractivity contribution >= 4 is 5.91 Å². The number of rotatable bonds is 4. The highest BCUT2D eigenvalue weighted by Gasteiger charge is 2.28. The molecule has 5 heteroatoms. The minimum Gasteiger partial charge on any atom is -0.338 e. The molecule has 0 spiro atoms. The average Bonchev–Trinajstić information content (AvgIpc) is 3.13. The van der Waals surface area contributed by atoms with Gasteiger partial charge in [-0.3, -0.25) is 4.79 Å². The molecule has 0 saturated carbocycles. The lowest BCUT2D eigenvalue weighted by Crippen LogP contribution is -2.30. The van der Waals surface area contributed by atoms with E-state index in [0.29, 0.717) is 5.92 Å². The zero-order valence-electron chi connectivity index (χ0n) is 14.0. The molecule has 2 aromatic heterocycles. The minimum atomic E-state index is 0.138. The number of hydrogen-bond acceptors (Lipinski definition) is 3. The van der Waals surface area contributed by atoms with Crippen molar-refractivity contribution in [2.45, 2.75) is 20.3 Å². The molecule has 1 N–H and O–H groups in total. The van der Waals surface area contributed by atoms with Gasteiger partial charge in [0.05, 0.1) is 5.56 Å². The Labute approximate surface area is 137 Å². The Bertz CT molecular complexity index is 693. The van der Waals surface area contributed by atoms with Gasteiger partial charge in [-0.05, 0) is 58.0 Å². The van der Waals surface area contributed by atoms with Crippen LogP contribution in [0.1, 0.15) is 28.2 Å². The van der Waals surface area contributed by atoms with Crippen LogP contribution in [0.5, 0.6) is 0 Å². The molecule has 1 saturated heterocycles. The summed E-state index contributed by atoms with van der Waals surface area (Å²) < 4.78 is 2.05. The van der Waals surface area contributed by atoms with Crippen molar-refractivity contribution in [1.82, 2.24) is 19.8 Å². The first kappa shape index (κ1) is 15.7. The molecule has 5 nitrogen and oxygen atoms in total. The van der Waals surface area contributed by atoms with Crippen molar-refractivity contribution in [3.63, 3.8) is 0 Å². The fourth-order valence-electron chi connectivity index (χ4n) is 3.46. The molecular formula is C18H24N4O. The number of hydrogen-bond donors (Lipinski definition) is 1. The molecule has 0 aromatic carbocycles. The van der Waals surface area contributed by atoms with Gasteiger partial charge in [-0.25, -0.2) is 4.98 Å². The Morgan fingerprint density at radius 3 is 2.91 bits per heavy atom. The van der Waals surface area contributed by atoms with Crippen molar-refractivity contribution in [3.8, 4) is 5.82 Å². The van der Waals surface area contributed by atoms with E-state index in [1.165, 1.54) is 0 Å². The molecule has 1 fully saturated rings. The standard InChI is InChI=1S/C18H24N4O/c1-13-10-16(14(2)22(13)17-6-4-5-8-20-17)18(23)21-9-7-15(12-21)11-19-3/h4-6,8,10,15,19H,7,9,11-12H2,1-3H3. The van der Waals surface area contributed by atoms with Gasteiger partial charge < -0.3 is 14.8 Å². The summed E-state index contributed by atoms with van der Waals surface area (Å²) in [5, 5.41) is 3.20. The highest BCUT2D eigenvalue weighted by atomic mass is 16.2. The highest BCUT2D eigenvalue weighted by Crippen LogP contribution is 2.24. The van der Waals surface area contributed by atoms with Crippen molar-refractivity contribution in [3.05, 3.63) is 47.4 Å². The number of nitrogens with zero attached hydrogens (tertiary/aromatic N) is 3. The van der Waals surface area contributed by atoms with E-state index in [9.17, 15) is 4.79 Å². The van der Waals surface area contributed by atoms with Gasteiger partial charge in [-0.2, -0.15) is 0 Å². The van der Waals surface area contributed by atoms with Crippen LogP contribution in [0, 0.1) is 19.8 Å². The lowest BCUT2D eigenvalue weighted by molar-refractivity contribution is 0.0786. The van der Waals surface area contributed by atoms with Crippen LogP contribution in [0.4, 0.5) is 0 Å². The predicted molar refractivity (Wildman–Crippen MR) is 91.0 cm³/mol. The summed E-state index contributed by atoms with van der Waals surface area (Å²) in [7, 11) is 1.96. The van der Waals surface area contributed by atoms with Gasteiger partial charge >= 0.3 is 0 Å². The van der Waals surface area contributed by atoms with Gasteiger partial charge in [0.1, 0.15) is 5.82 Å². The average molecular weight is 312 g/mol. The zero-order valence-corrected chi connectivity index (χ0v) is 14.0. The molecule has 1 atom stereocenters. The van der Waals surface area contributed by atoms with Crippen LogP contribution < -0.4 is 5.32 Å². The Kier molecular flexibility index (Phi) is 4.48. The van der Waals surface area contributed by atoms with Crippen molar-refractivity contribution in [1.29, 1.82) is 0 Å². The van der Waals surface area contributed by atoms with E-state index < -0.39 is 0 Å². The summed E-state index contributed by atoms with van der Waals surface area (Å²) in [5.74, 6) is 1.55. The number of carbonyl (C=O) groups excluding carboxylic acids is 1. The highest BCUT2D eigenvalue weighted by molar-refractivity contribution is 5.96. The summed E-state index contributed by atoms with van der Waals surface area (Å²) >= 11 is 0. The second-order valence-electron chi connectivity index (χ2n) is 6.27. The van der Waals surface area contributed by atoms with Crippen LogP contribution in [0.25, 0.3) is 5.82 Å². The van der Waals surface area contributed by atoms with Crippen molar-refractivity contribution < 1.29 is 4.79 Å². The number of likely N-dealkylation sites (tertiary alicyclic amines) is 1. The van der Waals surface area contributed by atoms with E-state index in [1.807, 2.05) is 54.6 Å². The second-order valence-corrected chi connectivity index (χ2v) is 6.27. The molecule has 2 aromatic rings. The number of nitrogens with one attached hydrogen (secondary N) is 1. The Morgan fingerprint density at radius 2 is 2.22 bits per heavy atom. The van der Waals surface area contributed by atoms with Gasteiger partial charge in [-0.15, -0.1) is 0 Å². The molecule has 0 radical (unpaired) electrons. The maximum Gasteiger partial charge on any atom is 0.255 e. The Morgan fingerprint density at radius 1 is 1.39 bits per heavy atom. The monoisotopic (exact) mass is 312 g/mol. The molecule has 0 bridgehead atoms. The minimum absolute atomic E-state index is 0.138. The molecular weight excluding hydrogens is 288 g/mol. The van der Waals surface area contributed by atoms with Crippen molar-refractivity contribution in [2.24, 2.45) is 5.92 Å². The maximum atomic E-state index is 12.9. The van der Waals surface area contributed by atoms with Crippen LogP contribution in [-0.2, 0) is 0 Å². The molecule has 3 heterocycles. The maximum absolute atomic E-state index is 12.9. The van der Waals surface area contributed by atoms with E-state index in [4.69, 9.17) is 0 Å². The van der Waals surface area contributed by atoms with Crippen molar-refractivity contribution in [2.75, 3.05) is 26.7 Å². The number of amides is 1. The van der Waals surface area contributed by atoms with E-state index in [0.717, 1.165) is 48.8 Å². The molecule has 3 rings (SSSR count). The fraction of sp³-hybridized carbons (Fsp3) is 0.444. The topological polar surface area (TPSA) is 50.2 Å². The second kappa shape index (κ2) is 6.54. The fourth-order valence-corrected chi connectivity index (χ4v) is 3.46. The normalized spacial score (nSPS) is 17.7. The Balaban J connectivity index is 1.86. The summed E-state index contributed by atoms with van der Waals surface area (Å²) in [6.45, 7) is 6.67. The van der Waals surface area contributed by atoms with Gasteiger partial charge in [0, 0.05) is 30.7 Å². The SMILES string of the molecule is CNCC1CCN(C(=O)c2cc(C)n(-c3ccccn3)c2C)C1. The summed E-state index contributed by atoms with van der Waals surface area (Å²) in [4.78, 5) is 19.3. The summed E-state index contributed by atoms with van der Waals surface area (Å²) in [6.07, 6.45) is 2.85. The van der Waals surface area contributed by atoms with E-state index in [-0.39, 0.29) is 5.91 Å². The van der Waals surface area contributed by atoms with E-state index in [2.05, 4.69) is 10.3 Å². The van der Waals surface area contributed by atoms with E-state index in [1.54, 1.807) is 6.20 Å². The quantitative estimate of drug-likeness (QED) is 0.941. The summed E-state index contributed by atoms with van der Waals surface area (Å²) in [6, 6.07) is 7.81. The van der Waals surface area contributed by atoms with Gasteiger partial charge in [0.25, 0.3) is 5.91 Å². The largest absolute Gasteiger partial charge is 0.338 e. The molecule has 122 valence electrons. The lowest BCUT2D eigenvalue weighted by atomic mass is 10.1. The number of carbonyl (C=O) groups is 1. The first-order chi connectivity index (χ1) is 11.1. The van der Waals surface area contributed by atoms with Crippen LogP contribution in [0.15, 0.2) is 30.5 Å². The Hall–Kier alpha value is -2.14. The number of aromatic nitrogens is 2. The smallest absolute Gasteiger partial charge is 0.255 e. The first-order valence-corrected chi connectivity index (χ1v) is 8.16. The molecule has 1 amide bonds. The van der Waals surface area contributed by atoms with Gasteiger partial charge in [-0.1, -0.05) is 6.07 Å². The zero-order chi connectivity index (χ0) is 16.4. The lowest BCUT2D eigenvalue weighted by Gasteiger charge is -2.17. The third-order valence-electron chi connectivity index (χ3n) is 4.61. The number of pyridine rings is 1. The van der Waals surface area contributed by atoms with Gasteiger partial charge in [0.2, 0.25) is 0 Å². The molecule has 1 aliphatic rings. The first-order valence-electron chi connectivity index (χ1n) is 8.16. The van der Waals surface area contributed by atoms with Gasteiger partial charge in [0.15, 0.2) is 0 Å². The number of aryl methyl sites for hydroxylation is 1.